The molecule has 10 aromatic rings. The molecular weight excluding hydrogens is 1320 g/mol. The second-order valence-electron chi connectivity index (χ2n) is 27.8. The number of hydrogen-bond donors (Lipinski definition) is 0. The second kappa shape index (κ2) is 23.4. The Bertz CT molecular complexity index is 4790. The van der Waals surface area contributed by atoms with Crippen LogP contribution in [0.5, 0.6) is 0 Å². The maximum absolute atomic E-state index is 10.7. The Balaban J connectivity index is 0.000000603. The van der Waals surface area contributed by atoms with Crippen LogP contribution >= 0.6 is 15.6 Å². The van der Waals surface area contributed by atoms with Crippen molar-refractivity contribution in [3.8, 4) is 0 Å². The van der Waals surface area contributed by atoms with Gasteiger partial charge in [0.2, 0.25) is 11.4 Å². The molecule has 0 N–H and O–H groups in total. The SMILES string of the molecule is CC[N+]1=C(C=CC=C2N(C)c3cc(Cc4cc5c(c6ccccc46)C(C)(Cc4ccccc4)C(=CC=CC4=[N+](CC)c6ccc7ccccc7c6C4(C)C)N5C)c4ccccc4c3C2(C)Cc2ccccc2)C(C)(C)c2c1ccc1ccccc21.F[P-](F)(F)(F)(F)F.F[P-](F)(F)(F)(F)F. The van der Waals surface area contributed by atoms with Crippen molar-refractivity contribution in [2.24, 2.45) is 0 Å². The summed E-state index contributed by atoms with van der Waals surface area (Å²) in [5.41, 5.74) is 20.4. The molecule has 0 aromatic heterocycles. The van der Waals surface area contributed by atoms with Crippen LogP contribution in [0.1, 0.15) is 99.9 Å². The molecule has 0 fully saturated rings. The number of nitrogens with zero attached hydrogens (tertiary/aromatic N) is 4. The molecule has 10 aromatic carbocycles. The third kappa shape index (κ3) is 14.1. The van der Waals surface area contributed by atoms with Gasteiger partial charge in [0.05, 0.1) is 10.8 Å². The Labute approximate surface area is 569 Å². The standard InChI is InChI=1S/C81H78N4.2F6P/c1-11-84-66-47-45-56-33-19-21-37-62(56)74(66)78(3,4)70(84)41-27-43-72-80(7,52-54-29-15-13-16-30-54)76-64-39-25-23-35-60(64)58(50-68(76)82(72)9)49-59-51-69-77(65-40-26-24-36-61(59)65)81(8,53-55-31-17-14-18-32-55)73(83(69)10)44-28-42-71-79(5,6)75-63-38-22-20-34-57(63)46-48-67(75)85(71)12-2;2*1-7(2,3,4,5)6/h13-48,50-51H,11-12,49,52-53H2,1-10H3;;/q+2;2*-1. The van der Waals surface area contributed by atoms with Crippen LogP contribution in [0, 0.1) is 0 Å². The van der Waals surface area contributed by atoms with Gasteiger partial charge in [-0.2, -0.15) is 9.15 Å². The molecule has 0 aliphatic carbocycles. The summed E-state index contributed by atoms with van der Waals surface area (Å²) in [4.78, 5) is 5.03. The summed E-state index contributed by atoms with van der Waals surface area (Å²) >= 11 is 0. The predicted octanol–water partition coefficient (Wildman–Crippen LogP) is 25.6. The minimum absolute atomic E-state index is 0.178. The normalized spacial score (nSPS) is 20.8. The molecule has 0 saturated carbocycles. The number of benzene rings is 10. The molecule has 18 heteroatoms. The zero-order valence-electron chi connectivity index (χ0n) is 56.7. The molecule has 0 bridgehead atoms. The van der Waals surface area contributed by atoms with E-state index in [-0.39, 0.29) is 21.7 Å². The Hall–Kier alpha value is -8.84. The van der Waals surface area contributed by atoms with Gasteiger partial charge in [-0.3, -0.25) is 0 Å². The number of allylic oxidation sites excluding steroid dienone is 8. The van der Waals surface area contributed by atoms with E-state index < -0.39 is 15.6 Å². The van der Waals surface area contributed by atoms with Gasteiger partial charge in [0.25, 0.3) is 0 Å². The number of fused-ring (bicyclic) bond motifs is 12. The average molecular weight is 1400 g/mol. The van der Waals surface area contributed by atoms with Crippen molar-refractivity contribution in [1.29, 1.82) is 0 Å². The quantitative estimate of drug-likeness (QED) is 0.0687. The second-order valence-corrected chi connectivity index (χ2v) is 31.7. The van der Waals surface area contributed by atoms with Gasteiger partial charge in [0.1, 0.15) is 13.1 Å². The van der Waals surface area contributed by atoms with Gasteiger partial charge in [0.15, 0.2) is 11.4 Å². The van der Waals surface area contributed by atoms with E-state index in [9.17, 15) is 50.4 Å². The van der Waals surface area contributed by atoms with Crippen LogP contribution < -0.4 is 9.80 Å². The summed E-state index contributed by atoms with van der Waals surface area (Å²) in [7, 11) is -16.7. The first kappa shape index (κ1) is 70.0. The van der Waals surface area contributed by atoms with E-state index in [4.69, 9.17) is 0 Å². The maximum atomic E-state index is 9.87. The summed E-state index contributed by atoms with van der Waals surface area (Å²) in [5.74, 6) is 0. The number of rotatable bonds is 12. The molecule has 2 unspecified atom stereocenters. The number of hydrogen-bond acceptors (Lipinski definition) is 2. The average Bonchev–Trinajstić information content (AvgIpc) is 1.59. The van der Waals surface area contributed by atoms with Crippen molar-refractivity contribution in [1.82, 2.24) is 0 Å². The summed E-state index contributed by atoms with van der Waals surface area (Å²) in [5, 5.41) is 10.6. The van der Waals surface area contributed by atoms with Gasteiger partial charge in [-0.15, -0.1) is 0 Å². The summed E-state index contributed by atoms with van der Waals surface area (Å²) in [6.07, 6.45) is 16.9. The van der Waals surface area contributed by atoms with Crippen molar-refractivity contribution in [3.05, 3.63) is 286 Å². The van der Waals surface area contributed by atoms with Gasteiger partial charge in [-0.05, 0) is 188 Å². The Kier molecular flexibility index (Phi) is 16.5. The van der Waals surface area contributed by atoms with E-state index in [0.717, 1.165) is 32.4 Å². The molecule has 0 radical (unpaired) electrons. The number of halogens is 12. The van der Waals surface area contributed by atoms with Crippen LogP contribution in [-0.2, 0) is 40.9 Å². The van der Waals surface area contributed by atoms with E-state index in [2.05, 4.69) is 319 Å². The number of likely N-dealkylation sites (N-methyl/N-ethyl adjacent to an activating group) is 2. The third-order valence-electron chi connectivity index (χ3n) is 20.2. The van der Waals surface area contributed by atoms with Crippen LogP contribution in [0.15, 0.2) is 242 Å². The summed E-state index contributed by atoms with van der Waals surface area (Å²) in [6, 6.07) is 72.9. The topological polar surface area (TPSA) is 12.5 Å². The van der Waals surface area contributed by atoms with Crippen LogP contribution in [0.25, 0.3) is 43.1 Å². The van der Waals surface area contributed by atoms with E-state index in [1.807, 2.05) is 0 Å². The molecule has 4 heterocycles. The van der Waals surface area contributed by atoms with Crippen molar-refractivity contribution >= 4 is 92.9 Å². The van der Waals surface area contributed by atoms with Crippen LogP contribution in [0.3, 0.4) is 0 Å². The Morgan fingerprint density at radius 1 is 0.374 bits per heavy atom. The molecule has 14 rings (SSSR count). The van der Waals surface area contributed by atoms with Crippen molar-refractivity contribution in [2.75, 3.05) is 37.0 Å². The third-order valence-corrected chi connectivity index (χ3v) is 20.2. The van der Waals surface area contributed by atoms with E-state index >= 15 is 0 Å². The first-order valence-corrected chi connectivity index (χ1v) is 37.0. The molecule has 516 valence electrons. The Morgan fingerprint density at radius 2 is 0.677 bits per heavy atom. The van der Waals surface area contributed by atoms with Crippen LogP contribution in [0.2, 0.25) is 0 Å². The molecular formula is C81H78F12N4P2. The van der Waals surface area contributed by atoms with Gasteiger partial charge < -0.3 is 9.80 Å². The van der Waals surface area contributed by atoms with Gasteiger partial charge >= 0.3 is 66.0 Å². The molecule has 0 amide bonds. The first-order valence-electron chi connectivity index (χ1n) is 33.0. The first-order chi connectivity index (χ1) is 46.1. The Morgan fingerprint density at radius 3 is 1.01 bits per heavy atom. The molecule has 2 atom stereocenters. The van der Waals surface area contributed by atoms with Crippen molar-refractivity contribution in [3.63, 3.8) is 0 Å². The summed E-state index contributed by atoms with van der Waals surface area (Å²) in [6.45, 7) is 21.0. The fourth-order valence-electron chi connectivity index (χ4n) is 16.5. The van der Waals surface area contributed by atoms with Crippen LogP contribution in [-0.4, -0.2) is 47.8 Å². The van der Waals surface area contributed by atoms with E-state index in [1.165, 1.54) is 133 Å². The molecule has 4 aliphatic rings. The monoisotopic (exact) mass is 1400 g/mol. The molecule has 0 spiro atoms. The van der Waals surface area contributed by atoms with Crippen LogP contribution in [0.4, 0.5) is 73.1 Å². The fraction of sp³-hybridized carbons (Fsp3) is 0.235. The van der Waals surface area contributed by atoms with E-state index in [0.29, 0.717) is 0 Å². The van der Waals surface area contributed by atoms with Gasteiger partial charge in [-0.25, -0.2) is 0 Å². The van der Waals surface area contributed by atoms with Gasteiger partial charge in [0, 0.05) is 83.1 Å². The zero-order chi connectivity index (χ0) is 71.4. The number of anilines is 2. The van der Waals surface area contributed by atoms with Crippen molar-refractivity contribution < 1.29 is 59.5 Å². The summed E-state index contributed by atoms with van der Waals surface area (Å²) < 4.78 is 123. The molecule has 4 nitrogen and oxygen atoms in total. The molecule has 4 aliphatic heterocycles. The molecule has 0 saturated heterocycles. The molecule has 99 heavy (non-hydrogen) atoms. The predicted molar refractivity (Wildman–Crippen MR) is 389 cm³/mol. The fourth-order valence-corrected chi connectivity index (χ4v) is 16.5. The van der Waals surface area contributed by atoms with Crippen molar-refractivity contribution in [2.45, 2.75) is 96.3 Å². The zero-order valence-corrected chi connectivity index (χ0v) is 58.5. The van der Waals surface area contributed by atoms with Gasteiger partial charge in [-0.1, -0.05) is 170 Å². The van der Waals surface area contributed by atoms with E-state index in [1.54, 1.807) is 0 Å². The minimum atomic E-state index is -10.7.